The number of amides is 3. The Hall–Kier alpha value is -3.14. The Morgan fingerprint density at radius 2 is 1.65 bits per heavy atom. The van der Waals surface area contributed by atoms with Crippen LogP contribution >= 0.6 is 12.4 Å². The van der Waals surface area contributed by atoms with Gasteiger partial charge in [0.15, 0.2) is 0 Å². The van der Waals surface area contributed by atoms with Crippen molar-refractivity contribution in [3.8, 4) is 11.5 Å². The van der Waals surface area contributed by atoms with Crippen LogP contribution in [0.5, 0.6) is 11.5 Å². The second-order valence-electron chi connectivity index (χ2n) is 10.8. The summed E-state index contributed by atoms with van der Waals surface area (Å²) < 4.78 is 5.92. The Labute approximate surface area is 242 Å². The van der Waals surface area contributed by atoms with Crippen molar-refractivity contribution in [1.82, 2.24) is 20.4 Å². The van der Waals surface area contributed by atoms with Gasteiger partial charge in [0.25, 0.3) is 5.91 Å². The van der Waals surface area contributed by atoms with E-state index in [0.717, 1.165) is 18.5 Å². The first-order chi connectivity index (χ1) is 18.7. The van der Waals surface area contributed by atoms with Crippen molar-refractivity contribution in [1.29, 1.82) is 0 Å². The molecule has 218 valence electrons. The number of ether oxygens (including phenoxy) is 1. The van der Waals surface area contributed by atoms with Crippen molar-refractivity contribution in [3.05, 3.63) is 59.7 Å². The summed E-state index contributed by atoms with van der Waals surface area (Å²) in [6.07, 6.45) is 0.957. The number of carbonyl (C=O) groups is 3. The molecule has 40 heavy (non-hydrogen) atoms. The van der Waals surface area contributed by atoms with Crippen LogP contribution < -0.4 is 15.4 Å². The van der Waals surface area contributed by atoms with Gasteiger partial charge in [-0.1, -0.05) is 32.9 Å². The molecular formula is C30H41ClN4O5. The fourth-order valence-corrected chi connectivity index (χ4v) is 5.46. The number of piperazine rings is 1. The molecule has 0 saturated carbocycles. The van der Waals surface area contributed by atoms with Crippen LogP contribution in [-0.4, -0.2) is 77.0 Å². The number of rotatable bonds is 9. The van der Waals surface area contributed by atoms with Gasteiger partial charge in [-0.25, -0.2) is 0 Å². The maximum atomic E-state index is 13.4. The summed E-state index contributed by atoms with van der Waals surface area (Å²) in [5, 5.41) is 16.0. The Morgan fingerprint density at radius 3 is 2.17 bits per heavy atom. The Morgan fingerprint density at radius 1 is 1.07 bits per heavy atom. The van der Waals surface area contributed by atoms with Gasteiger partial charge in [-0.3, -0.25) is 19.3 Å². The fourth-order valence-electron chi connectivity index (χ4n) is 5.46. The predicted molar refractivity (Wildman–Crippen MR) is 156 cm³/mol. The first-order valence-electron chi connectivity index (χ1n) is 13.8. The number of nitrogens with zero attached hydrogens (tertiary/aromatic N) is 2. The number of piperidine rings is 1. The minimum absolute atomic E-state index is 0. The van der Waals surface area contributed by atoms with Crippen LogP contribution in [0.25, 0.3) is 0 Å². The highest BCUT2D eigenvalue weighted by molar-refractivity contribution is 6.00. The minimum atomic E-state index is -0.910. The van der Waals surface area contributed by atoms with Crippen LogP contribution in [0, 0.1) is 5.92 Å². The molecule has 1 spiro atoms. The van der Waals surface area contributed by atoms with Crippen molar-refractivity contribution in [2.24, 2.45) is 5.92 Å². The highest BCUT2D eigenvalue weighted by atomic mass is 35.5. The third-order valence-corrected chi connectivity index (χ3v) is 7.82. The summed E-state index contributed by atoms with van der Waals surface area (Å²) in [5.41, 5.74) is 0.842. The first-order valence-corrected chi connectivity index (χ1v) is 13.8. The molecule has 2 aliphatic rings. The molecule has 2 heterocycles. The normalized spacial score (nSPS) is 19.6. The average molecular weight is 573 g/mol. The molecule has 0 aromatic heterocycles. The number of nitrogens with one attached hydrogen (secondary N) is 2. The molecule has 9 nitrogen and oxygen atoms in total. The molecule has 0 aliphatic carbocycles. The summed E-state index contributed by atoms with van der Waals surface area (Å²) >= 11 is 0. The Kier molecular flexibility index (Phi) is 10.6. The third kappa shape index (κ3) is 6.59. The summed E-state index contributed by atoms with van der Waals surface area (Å²) in [5.74, 6) is 0.753. The lowest BCUT2D eigenvalue weighted by Gasteiger charge is -2.52. The van der Waals surface area contributed by atoms with Gasteiger partial charge in [-0.05, 0) is 67.1 Å². The van der Waals surface area contributed by atoms with Crippen LogP contribution in [-0.2, 0) is 16.1 Å². The molecule has 2 fully saturated rings. The molecule has 0 radical (unpaired) electrons. The lowest BCUT2D eigenvalue weighted by Crippen LogP contribution is -2.74. The molecule has 0 bridgehead atoms. The number of aliphatic hydroxyl groups excluding tert-OH is 1. The molecule has 2 aliphatic heterocycles. The molecule has 2 aromatic carbocycles. The molecule has 2 atom stereocenters. The second-order valence-corrected chi connectivity index (χ2v) is 10.8. The van der Waals surface area contributed by atoms with Crippen LogP contribution in [0.4, 0.5) is 0 Å². The standard InChI is InChI=1S/C30H40N4O5.ClH/c1-5-16-34-28(37)25(26(35)20(2)3)32-29(38)30(34)14-17-33(18-15-30)19-21-6-10-23(11-7-21)39-24-12-8-22(9-13-24)27(36)31-4;/h6-13,20,25-26,35H,5,14-19H2,1-4H3,(H,31,36)(H,32,38);1H/t25-,26-;/m1./s1. The molecule has 2 aromatic rings. The maximum Gasteiger partial charge on any atom is 0.251 e. The van der Waals surface area contributed by atoms with Crippen molar-refractivity contribution in [3.63, 3.8) is 0 Å². The summed E-state index contributed by atoms with van der Waals surface area (Å²) in [6.45, 7) is 8.31. The summed E-state index contributed by atoms with van der Waals surface area (Å²) in [7, 11) is 1.60. The number of likely N-dealkylation sites (tertiary alicyclic amines) is 1. The van der Waals surface area contributed by atoms with E-state index >= 15 is 0 Å². The van der Waals surface area contributed by atoms with Gasteiger partial charge in [0.2, 0.25) is 11.8 Å². The number of halogens is 1. The minimum Gasteiger partial charge on any atom is -0.457 e. The van der Waals surface area contributed by atoms with Crippen molar-refractivity contribution in [2.75, 3.05) is 26.7 Å². The van der Waals surface area contributed by atoms with Gasteiger partial charge in [-0.2, -0.15) is 0 Å². The van der Waals surface area contributed by atoms with Crippen LogP contribution in [0.15, 0.2) is 48.5 Å². The van der Waals surface area contributed by atoms with Gasteiger partial charge < -0.3 is 25.4 Å². The highest BCUT2D eigenvalue weighted by Gasteiger charge is 2.54. The Balaban J connectivity index is 0.00000441. The van der Waals surface area contributed by atoms with Crippen molar-refractivity contribution < 1.29 is 24.2 Å². The summed E-state index contributed by atoms with van der Waals surface area (Å²) in [6, 6.07) is 14.0. The van der Waals surface area contributed by atoms with E-state index in [2.05, 4.69) is 15.5 Å². The Bertz CT molecular complexity index is 1160. The van der Waals surface area contributed by atoms with Gasteiger partial charge in [0.05, 0.1) is 6.10 Å². The van der Waals surface area contributed by atoms with Crippen molar-refractivity contribution >= 4 is 30.1 Å². The largest absolute Gasteiger partial charge is 0.457 e. The number of hydrogen-bond acceptors (Lipinski definition) is 6. The van der Waals surface area contributed by atoms with E-state index < -0.39 is 17.7 Å². The molecule has 2 saturated heterocycles. The van der Waals surface area contributed by atoms with Crippen LogP contribution in [0.1, 0.15) is 56.0 Å². The zero-order chi connectivity index (χ0) is 28.2. The molecule has 3 N–H and O–H groups in total. The fraction of sp³-hybridized carbons (Fsp3) is 0.500. The molecule has 4 rings (SSSR count). The molecular weight excluding hydrogens is 532 g/mol. The zero-order valence-corrected chi connectivity index (χ0v) is 24.5. The first kappa shape index (κ1) is 31.4. The van der Waals surface area contributed by atoms with E-state index in [-0.39, 0.29) is 36.0 Å². The number of aliphatic hydroxyl groups is 1. The maximum absolute atomic E-state index is 13.4. The second kappa shape index (κ2) is 13.5. The van der Waals surface area contributed by atoms with E-state index in [4.69, 9.17) is 4.74 Å². The molecule has 0 unspecified atom stereocenters. The van der Waals surface area contributed by atoms with E-state index in [1.54, 1.807) is 36.2 Å². The van der Waals surface area contributed by atoms with Gasteiger partial charge in [-0.15, -0.1) is 12.4 Å². The predicted octanol–water partition coefficient (Wildman–Crippen LogP) is 3.35. The van der Waals surface area contributed by atoms with Gasteiger partial charge in [0.1, 0.15) is 23.1 Å². The topological polar surface area (TPSA) is 111 Å². The number of carbonyl (C=O) groups excluding carboxylic acids is 3. The van der Waals surface area contributed by atoms with Crippen molar-refractivity contribution in [2.45, 2.75) is 64.3 Å². The lowest BCUT2D eigenvalue weighted by atomic mass is 9.80. The molecule has 3 amide bonds. The monoisotopic (exact) mass is 572 g/mol. The quantitative estimate of drug-likeness (QED) is 0.425. The van der Waals surface area contributed by atoms with E-state index in [1.165, 1.54) is 0 Å². The SMILES string of the molecule is CCCN1C(=O)[C@@H]([C@H](O)C(C)C)NC(=O)C12CCN(Cc1ccc(Oc3ccc(C(=O)NC)cc3)cc1)CC2.Cl. The van der Waals surface area contributed by atoms with Crippen LogP contribution in [0.3, 0.4) is 0 Å². The number of hydrogen-bond donors (Lipinski definition) is 3. The number of benzene rings is 2. The van der Waals surface area contributed by atoms with E-state index in [9.17, 15) is 19.5 Å². The van der Waals surface area contributed by atoms with E-state index in [0.29, 0.717) is 49.5 Å². The third-order valence-electron chi connectivity index (χ3n) is 7.82. The highest BCUT2D eigenvalue weighted by Crippen LogP contribution is 2.35. The zero-order valence-electron chi connectivity index (χ0n) is 23.7. The summed E-state index contributed by atoms with van der Waals surface area (Å²) in [4.78, 5) is 42.5. The van der Waals surface area contributed by atoms with E-state index in [1.807, 2.05) is 45.0 Å². The molecule has 10 heteroatoms. The van der Waals surface area contributed by atoms with Gasteiger partial charge in [0, 0.05) is 38.8 Å². The average Bonchev–Trinajstić information content (AvgIpc) is 2.94. The van der Waals surface area contributed by atoms with Gasteiger partial charge >= 0.3 is 0 Å². The smallest absolute Gasteiger partial charge is 0.251 e. The lowest BCUT2D eigenvalue weighted by molar-refractivity contribution is -0.165. The van der Waals surface area contributed by atoms with Crippen LogP contribution in [0.2, 0.25) is 0 Å².